The first-order valence-electron chi connectivity index (χ1n) is 6.05. The van der Waals surface area contributed by atoms with Crippen LogP contribution >= 0.6 is 0 Å². The minimum atomic E-state index is -0.158. The van der Waals surface area contributed by atoms with Gasteiger partial charge in [-0.2, -0.15) is 0 Å². The van der Waals surface area contributed by atoms with Crippen LogP contribution in [0.1, 0.15) is 46.5 Å². The van der Waals surface area contributed by atoms with Crippen LogP contribution in [0.3, 0.4) is 0 Å². The molecule has 1 fully saturated rings. The Morgan fingerprint density at radius 1 is 1.29 bits per heavy atom. The Morgan fingerprint density at radius 3 is 2.29 bits per heavy atom. The van der Waals surface area contributed by atoms with Crippen molar-refractivity contribution in [2.45, 2.75) is 58.6 Å². The van der Waals surface area contributed by atoms with Gasteiger partial charge in [0.25, 0.3) is 0 Å². The van der Waals surface area contributed by atoms with Crippen LogP contribution in [0.4, 0.5) is 0 Å². The van der Waals surface area contributed by atoms with E-state index in [0.29, 0.717) is 6.04 Å². The summed E-state index contributed by atoms with van der Waals surface area (Å²) < 4.78 is 0. The molecule has 0 aliphatic carbocycles. The maximum absolute atomic E-state index is 9.32. The van der Waals surface area contributed by atoms with Crippen molar-refractivity contribution in [1.29, 1.82) is 0 Å². The molecule has 0 bridgehead atoms. The minimum Gasteiger partial charge on any atom is -0.393 e. The van der Waals surface area contributed by atoms with Gasteiger partial charge < -0.3 is 10.0 Å². The summed E-state index contributed by atoms with van der Waals surface area (Å²) in [5.74, 6) is 0.949. The zero-order valence-corrected chi connectivity index (χ0v) is 9.87. The molecule has 0 aromatic rings. The third-order valence-corrected chi connectivity index (χ3v) is 3.53. The number of nitrogens with zero attached hydrogens (tertiary/aromatic N) is 1. The van der Waals surface area contributed by atoms with E-state index in [-0.39, 0.29) is 6.10 Å². The summed E-state index contributed by atoms with van der Waals surface area (Å²) in [6.07, 6.45) is 4.78. The van der Waals surface area contributed by atoms with Gasteiger partial charge in [-0.1, -0.05) is 13.3 Å². The van der Waals surface area contributed by atoms with Gasteiger partial charge in [0.05, 0.1) is 6.10 Å². The summed E-state index contributed by atoms with van der Waals surface area (Å²) >= 11 is 0. The van der Waals surface area contributed by atoms with Gasteiger partial charge in [-0.05, 0) is 52.1 Å². The molecule has 2 nitrogen and oxygen atoms in total. The fraction of sp³-hybridized carbons (Fsp3) is 1.00. The molecule has 14 heavy (non-hydrogen) atoms. The molecule has 0 aromatic heterocycles. The van der Waals surface area contributed by atoms with Crippen molar-refractivity contribution < 1.29 is 5.11 Å². The SMILES string of the molecule is CCC1CCN(C(C)CC(C)O)CC1. The molecule has 2 unspecified atom stereocenters. The van der Waals surface area contributed by atoms with Crippen LogP contribution in [-0.2, 0) is 0 Å². The van der Waals surface area contributed by atoms with Gasteiger partial charge in [-0.15, -0.1) is 0 Å². The summed E-state index contributed by atoms with van der Waals surface area (Å²) in [5.41, 5.74) is 0. The molecule has 1 N–H and O–H groups in total. The van der Waals surface area contributed by atoms with E-state index in [0.717, 1.165) is 12.3 Å². The first kappa shape index (κ1) is 12.0. The highest BCUT2D eigenvalue weighted by Gasteiger charge is 2.22. The first-order valence-corrected chi connectivity index (χ1v) is 6.05. The molecule has 2 heteroatoms. The summed E-state index contributed by atoms with van der Waals surface area (Å²) in [7, 11) is 0. The van der Waals surface area contributed by atoms with E-state index in [4.69, 9.17) is 0 Å². The summed E-state index contributed by atoms with van der Waals surface area (Å²) in [4.78, 5) is 2.53. The van der Waals surface area contributed by atoms with E-state index >= 15 is 0 Å². The Morgan fingerprint density at radius 2 is 1.86 bits per heavy atom. The maximum atomic E-state index is 9.32. The highest BCUT2D eigenvalue weighted by atomic mass is 16.3. The molecular weight excluding hydrogens is 174 g/mol. The number of hydrogen-bond donors (Lipinski definition) is 1. The number of piperidine rings is 1. The molecule has 1 aliphatic heterocycles. The van der Waals surface area contributed by atoms with Crippen LogP contribution in [0.25, 0.3) is 0 Å². The van der Waals surface area contributed by atoms with E-state index in [2.05, 4.69) is 18.7 Å². The topological polar surface area (TPSA) is 23.5 Å². The summed E-state index contributed by atoms with van der Waals surface area (Å²) in [6.45, 7) is 8.87. The maximum Gasteiger partial charge on any atom is 0.0526 e. The van der Waals surface area contributed by atoms with Crippen molar-refractivity contribution in [3.05, 3.63) is 0 Å². The zero-order chi connectivity index (χ0) is 10.6. The molecule has 2 atom stereocenters. The number of rotatable bonds is 4. The Bertz CT molecular complexity index is 150. The van der Waals surface area contributed by atoms with E-state index in [9.17, 15) is 5.11 Å². The van der Waals surface area contributed by atoms with Gasteiger partial charge in [-0.3, -0.25) is 0 Å². The quantitative estimate of drug-likeness (QED) is 0.751. The van der Waals surface area contributed by atoms with Crippen molar-refractivity contribution in [2.24, 2.45) is 5.92 Å². The zero-order valence-electron chi connectivity index (χ0n) is 9.87. The van der Waals surface area contributed by atoms with Gasteiger partial charge >= 0.3 is 0 Å². The van der Waals surface area contributed by atoms with Crippen LogP contribution in [0.5, 0.6) is 0 Å². The molecule has 0 amide bonds. The third kappa shape index (κ3) is 3.58. The fourth-order valence-electron chi connectivity index (χ4n) is 2.44. The average molecular weight is 199 g/mol. The highest BCUT2D eigenvalue weighted by molar-refractivity contribution is 4.76. The second kappa shape index (κ2) is 5.72. The molecule has 84 valence electrons. The molecular formula is C12H25NO. The van der Waals surface area contributed by atoms with Crippen LogP contribution in [0.2, 0.25) is 0 Å². The molecule has 0 spiro atoms. The predicted molar refractivity (Wildman–Crippen MR) is 60.3 cm³/mol. The summed E-state index contributed by atoms with van der Waals surface area (Å²) in [5, 5.41) is 9.32. The number of aliphatic hydroxyl groups is 1. The monoisotopic (exact) mass is 199 g/mol. The minimum absolute atomic E-state index is 0.158. The first-order chi connectivity index (χ1) is 6.63. The second-order valence-corrected chi connectivity index (χ2v) is 4.82. The van der Waals surface area contributed by atoms with Crippen molar-refractivity contribution >= 4 is 0 Å². The van der Waals surface area contributed by atoms with Gasteiger partial charge in [0, 0.05) is 6.04 Å². The van der Waals surface area contributed by atoms with Crippen LogP contribution in [0, 0.1) is 5.92 Å². The molecule has 1 rings (SSSR count). The molecule has 0 aromatic carbocycles. The lowest BCUT2D eigenvalue weighted by atomic mass is 9.93. The lowest BCUT2D eigenvalue weighted by Gasteiger charge is -2.36. The van der Waals surface area contributed by atoms with Gasteiger partial charge in [0.2, 0.25) is 0 Å². The number of hydrogen-bond acceptors (Lipinski definition) is 2. The number of aliphatic hydroxyl groups excluding tert-OH is 1. The smallest absolute Gasteiger partial charge is 0.0526 e. The molecule has 0 radical (unpaired) electrons. The van der Waals surface area contributed by atoms with E-state index in [1.54, 1.807) is 0 Å². The molecule has 1 aliphatic rings. The molecule has 1 saturated heterocycles. The van der Waals surface area contributed by atoms with Crippen LogP contribution < -0.4 is 0 Å². The Hall–Kier alpha value is -0.0800. The van der Waals surface area contributed by atoms with Crippen molar-refractivity contribution in [3.63, 3.8) is 0 Å². The molecule has 1 heterocycles. The van der Waals surface area contributed by atoms with Crippen molar-refractivity contribution in [3.8, 4) is 0 Å². The van der Waals surface area contributed by atoms with Crippen LogP contribution in [0.15, 0.2) is 0 Å². The summed E-state index contributed by atoms with van der Waals surface area (Å²) in [6, 6.07) is 0.549. The predicted octanol–water partition coefficient (Wildman–Crippen LogP) is 2.27. The highest BCUT2D eigenvalue weighted by Crippen LogP contribution is 2.22. The van der Waals surface area contributed by atoms with Gasteiger partial charge in [0.1, 0.15) is 0 Å². The number of likely N-dealkylation sites (tertiary alicyclic amines) is 1. The lowest BCUT2D eigenvalue weighted by molar-refractivity contribution is 0.0919. The van der Waals surface area contributed by atoms with Crippen molar-refractivity contribution in [2.75, 3.05) is 13.1 Å². The Labute approximate surface area is 88.3 Å². The molecule has 0 saturated carbocycles. The normalized spacial score (nSPS) is 24.9. The second-order valence-electron chi connectivity index (χ2n) is 4.82. The van der Waals surface area contributed by atoms with Gasteiger partial charge in [0.15, 0.2) is 0 Å². The largest absolute Gasteiger partial charge is 0.393 e. The van der Waals surface area contributed by atoms with Crippen LogP contribution in [-0.4, -0.2) is 35.2 Å². The van der Waals surface area contributed by atoms with Crippen molar-refractivity contribution in [1.82, 2.24) is 4.90 Å². The Kier molecular flexibility index (Phi) is 4.90. The standard InChI is InChI=1S/C12H25NO/c1-4-12-5-7-13(8-6-12)10(2)9-11(3)14/h10-12,14H,4-9H2,1-3H3. The lowest BCUT2D eigenvalue weighted by Crippen LogP contribution is -2.41. The Balaban J connectivity index is 2.26. The van der Waals surface area contributed by atoms with E-state index < -0.39 is 0 Å². The average Bonchev–Trinajstić information content (AvgIpc) is 2.17. The van der Waals surface area contributed by atoms with E-state index in [1.165, 1.54) is 32.4 Å². The fourth-order valence-corrected chi connectivity index (χ4v) is 2.44. The van der Waals surface area contributed by atoms with E-state index in [1.807, 2.05) is 6.92 Å². The van der Waals surface area contributed by atoms with Gasteiger partial charge in [-0.25, -0.2) is 0 Å². The third-order valence-electron chi connectivity index (χ3n) is 3.53.